The van der Waals surface area contributed by atoms with Crippen LogP contribution < -0.4 is 5.32 Å². The van der Waals surface area contributed by atoms with Crippen LogP contribution in [0.2, 0.25) is 0 Å². The summed E-state index contributed by atoms with van der Waals surface area (Å²) >= 11 is 0. The summed E-state index contributed by atoms with van der Waals surface area (Å²) in [6, 6.07) is 0. The Morgan fingerprint density at radius 2 is 2.11 bits per heavy atom. The summed E-state index contributed by atoms with van der Waals surface area (Å²) in [7, 11) is 0. The molecule has 2 rings (SSSR count). The first kappa shape index (κ1) is 14.0. The highest BCUT2D eigenvalue weighted by atomic mass is 16.5. The van der Waals surface area contributed by atoms with Crippen LogP contribution in [-0.2, 0) is 17.6 Å². The number of ether oxygens (including phenoxy) is 1. The second-order valence-electron chi connectivity index (χ2n) is 4.87. The Kier molecular flexibility index (Phi) is 5.33. The molecule has 0 aromatic carbocycles. The first-order valence-corrected chi connectivity index (χ1v) is 7.10. The summed E-state index contributed by atoms with van der Waals surface area (Å²) in [5.74, 6) is 1.87. The summed E-state index contributed by atoms with van der Waals surface area (Å²) in [6.07, 6.45) is 7.44. The van der Waals surface area contributed by atoms with E-state index in [1.54, 1.807) is 0 Å². The van der Waals surface area contributed by atoms with E-state index in [2.05, 4.69) is 21.9 Å². The minimum atomic E-state index is 0.700. The number of hydrogen-bond donors (Lipinski definition) is 1. The molecule has 1 aromatic rings. The third kappa shape index (κ3) is 4.03. The number of aryl methyl sites for hydroxylation is 2. The molecular formula is C15H23N3O. The van der Waals surface area contributed by atoms with Crippen molar-refractivity contribution in [3.8, 4) is 0 Å². The van der Waals surface area contributed by atoms with Crippen LogP contribution in [0.15, 0.2) is 12.7 Å². The van der Waals surface area contributed by atoms with Crippen molar-refractivity contribution in [2.75, 3.05) is 25.1 Å². The number of nitrogens with one attached hydrogen (secondary N) is 1. The standard InChI is InChI=1S/C15H23N3O/c1-3-4-10-19-11-9-16-15-13-7-5-6-8-14(13)17-12(2)18-15/h3H,1,4-11H2,2H3,(H,16,17,18). The van der Waals surface area contributed by atoms with E-state index in [-0.39, 0.29) is 0 Å². The van der Waals surface area contributed by atoms with E-state index in [1.807, 2.05) is 13.0 Å². The highest BCUT2D eigenvalue weighted by Gasteiger charge is 2.16. The Labute approximate surface area is 115 Å². The van der Waals surface area contributed by atoms with E-state index in [1.165, 1.54) is 24.1 Å². The molecule has 1 aromatic heterocycles. The van der Waals surface area contributed by atoms with Crippen molar-refractivity contribution >= 4 is 5.82 Å². The van der Waals surface area contributed by atoms with Gasteiger partial charge in [-0.2, -0.15) is 0 Å². The Morgan fingerprint density at radius 1 is 1.26 bits per heavy atom. The quantitative estimate of drug-likeness (QED) is 0.605. The smallest absolute Gasteiger partial charge is 0.133 e. The van der Waals surface area contributed by atoms with Crippen molar-refractivity contribution in [2.24, 2.45) is 0 Å². The van der Waals surface area contributed by atoms with Crippen LogP contribution in [0.1, 0.15) is 36.3 Å². The van der Waals surface area contributed by atoms with Crippen LogP contribution in [0.5, 0.6) is 0 Å². The maximum absolute atomic E-state index is 5.49. The maximum atomic E-state index is 5.49. The molecule has 4 heteroatoms. The molecule has 1 N–H and O–H groups in total. The molecule has 4 nitrogen and oxygen atoms in total. The fourth-order valence-electron chi connectivity index (χ4n) is 2.37. The first-order valence-electron chi connectivity index (χ1n) is 7.10. The van der Waals surface area contributed by atoms with E-state index < -0.39 is 0 Å². The zero-order valence-electron chi connectivity index (χ0n) is 11.7. The molecule has 19 heavy (non-hydrogen) atoms. The fourth-order valence-corrected chi connectivity index (χ4v) is 2.37. The van der Waals surface area contributed by atoms with E-state index in [9.17, 15) is 0 Å². The number of anilines is 1. The van der Waals surface area contributed by atoms with Gasteiger partial charge in [-0.1, -0.05) is 6.08 Å². The molecular weight excluding hydrogens is 238 g/mol. The van der Waals surface area contributed by atoms with Crippen molar-refractivity contribution in [3.05, 3.63) is 29.7 Å². The van der Waals surface area contributed by atoms with E-state index >= 15 is 0 Å². The summed E-state index contributed by atoms with van der Waals surface area (Å²) in [6.45, 7) is 7.86. The van der Waals surface area contributed by atoms with Crippen LogP contribution >= 0.6 is 0 Å². The van der Waals surface area contributed by atoms with Crippen molar-refractivity contribution in [3.63, 3.8) is 0 Å². The fraction of sp³-hybridized carbons (Fsp3) is 0.600. The minimum Gasteiger partial charge on any atom is -0.379 e. The van der Waals surface area contributed by atoms with Gasteiger partial charge in [-0.3, -0.25) is 0 Å². The Bertz CT molecular complexity index is 432. The second-order valence-corrected chi connectivity index (χ2v) is 4.87. The Hall–Kier alpha value is -1.42. The van der Waals surface area contributed by atoms with Gasteiger partial charge in [-0.15, -0.1) is 6.58 Å². The van der Waals surface area contributed by atoms with Gasteiger partial charge in [0.25, 0.3) is 0 Å². The van der Waals surface area contributed by atoms with Gasteiger partial charge in [-0.25, -0.2) is 9.97 Å². The Morgan fingerprint density at radius 3 is 2.95 bits per heavy atom. The van der Waals surface area contributed by atoms with E-state index in [0.717, 1.165) is 44.1 Å². The zero-order chi connectivity index (χ0) is 13.5. The summed E-state index contributed by atoms with van der Waals surface area (Å²) in [4.78, 5) is 9.08. The van der Waals surface area contributed by atoms with Crippen LogP contribution in [-0.4, -0.2) is 29.7 Å². The molecule has 1 aliphatic rings. The lowest BCUT2D eigenvalue weighted by atomic mass is 9.96. The number of nitrogens with zero attached hydrogens (tertiary/aromatic N) is 2. The topological polar surface area (TPSA) is 47.0 Å². The molecule has 0 aliphatic heterocycles. The van der Waals surface area contributed by atoms with Crippen LogP contribution in [0.3, 0.4) is 0 Å². The van der Waals surface area contributed by atoms with Gasteiger partial charge >= 0.3 is 0 Å². The third-order valence-corrected chi connectivity index (χ3v) is 3.30. The van der Waals surface area contributed by atoms with Gasteiger partial charge in [0.15, 0.2) is 0 Å². The largest absolute Gasteiger partial charge is 0.379 e. The molecule has 0 radical (unpaired) electrons. The number of aromatic nitrogens is 2. The van der Waals surface area contributed by atoms with E-state index in [4.69, 9.17) is 4.74 Å². The van der Waals surface area contributed by atoms with Crippen LogP contribution in [0.4, 0.5) is 5.82 Å². The lowest BCUT2D eigenvalue weighted by Crippen LogP contribution is -2.16. The van der Waals surface area contributed by atoms with Crippen LogP contribution in [0.25, 0.3) is 0 Å². The van der Waals surface area contributed by atoms with Crippen molar-refractivity contribution in [1.29, 1.82) is 0 Å². The van der Waals surface area contributed by atoms with Crippen molar-refractivity contribution in [1.82, 2.24) is 9.97 Å². The summed E-state index contributed by atoms with van der Waals surface area (Å²) in [5.41, 5.74) is 2.54. The first-order chi connectivity index (χ1) is 9.31. The predicted molar refractivity (Wildman–Crippen MR) is 77.5 cm³/mol. The number of fused-ring (bicyclic) bond motifs is 1. The molecule has 0 saturated carbocycles. The third-order valence-electron chi connectivity index (χ3n) is 3.30. The molecule has 104 valence electrons. The molecule has 0 bridgehead atoms. The van der Waals surface area contributed by atoms with Gasteiger partial charge in [0.2, 0.25) is 0 Å². The monoisotopic (exact) mass is 261 g/mol. The van der Waals surface area contributed by atoms with Crippen LogP contribution in [0, 0.1) is 6.92 Å². The maximum Gasteiger partial charge on any atom is 0.133 e. The Balaban J connectivity index is 1.89. The van der Waals surface area contributed by atoms with E-state index in [0.29, 0.717) is 6.61 Å². The highest BCUT2D eigenvalue weighted by Crippen LogP contribution is 2.25. The average molecular weight is 261 g/mol. The number of rotatable bonds is 7. The van der Waals surface area contributed by atoms with Crippen molar-refractivity contribution < 1.29 is 4.74 Å². The predicted octanol–water partition coefficient (Wildman–Crippen LogP) is 2.67. The average Bonchev–Trinajstić information content (AvgIpc) is 2.42. The molecule has 0 unspecified atom stereocenters. The zero-order valence-corrected chi connectivity index (χ0v) is 11.7. The SMILES string of the molecule is C=CCCOCCNc1nc(C)nc2c1CCCC2. The molecule has 0 saturated heterocycles. The molecule has 0 amide bonds. The normalized spacial score (nSPS) is 13.9. The molecule has 0 atom stereocenters. The molecule has 1 aliphatic carbocycles. The van der Waals surface area contributed by atoms with Gasteiger partial charge in [-0.05, 0) is 39.0 Å². The van der Waals surface area contributed by atoms with Gasteiger partial charge in [0.05, 0.1) is 13.2 Å². The second kappa shape index (κ2) is 7.24. The van der Waals surface area contributed by atoms with Gasteiger partial charge in [0, 0.05) is 17.8 Å². The lowest BCUT2D eigenvalue weighted by molar-refractivity contribution is 0.149. The molecule has 0 spiro atoms. The number of hydrogen-bond acceptors (Lipinski definition) is 4. The van der Waals surface area contributed by atoms with Gasteiger partial charge in [0.1, 0.15) is 11.6 Å². The summed E-state index contributed by atoms with van der Waals surface area (Å²) in [5, 5.41) is 3.39. The minimum absolute atomic E-state index is 0.700. The summed E-state index contributed by atoms with van der Waals surface area (Å²) < 4.78 is 5.49. The lowest BCUT2D eigenvalue weighted by Gasteiger charge is -2.19. The van der Waals surface area contributed by atoms with Gasteiger partial charge < -0.3 is 10.1 Å². The van der Waals surface area contributed by atoms with Crippen molar-refractivity contribution in [2.45, 2.75) is 39.0 Å². The molecule has 1 heterocycles. The highest BCUT2D eigenvalue weighted by molar-refractivity contribution is 5.47. The molecule has 0 fully saturated rings.